The van der Waals surface area contributed by atoms with Gasteiger partial charge in [0.05, 0.1) is 15.9 Å². The molecule has 0 bridgehead atoms. The summed E-state index contributed by atoms with van der Waals surface area (Å²) in [6.45, 7) is 4.33. The number of imidazole rings is 1. The molecule has 11 heteroatoms. The largest absolute Gasteiger partial charge is 0.350 e. The molecule has 3 rings (SSSR count). The van der Waals surface area contributed by atoms with Gasteiger partial charge in [-0.1, -0.05) is 38.1 Å². The third-order valence-corrected chi connectivity index (χ3v) is 7.64. The second-order valence-electron chi connectivity index (χ2n) is 6.86. The van der Waals surface area contributed by atoms with Gasteiger partial charge in [-0.05, 0) is 41.6 Å². The number of aromatic nitrogens is 2. The molecule has 0 radical (unpaired) electrons. The van der Waals surface area contributed by atoms with Crippen molar-refractivity contribution >= 4 is 38.7 Å². The van der Waals surface area contributed by atoms with Crippen molar-refractivity contribution in [2.45, 2.75) is 42.7 Å². The number of rotatable bonds is 10. The maximum Gasteiger partial charge on any atom is 0.291 e. The van der Waals surface area contributed by atoms with Crippen molar-refractivity contribution in [2.24, 2.45) is 0 Å². The predicted octanol–water partition coefficient (Wildman–Crippen LogP) is 3.70. The monoisotopic (exact) mass is 482 g/mol. The summed E-state index contributed by atoms with van der Waals surface area (Å²) in [7, 11) is -3.55. The number of amides is 1. The van der Waals surface area contributed by atoms with E-state index >= 15 is 0 Å². The summed E-state index contributed by atoms with van der Waals surface area (Å²) >= 11 is 0.295. The molecule has 1 heterocycles. The number of hydrogen-bond acceptors (Lipinski definition) is 5. The Morgan fingerprint density at radius 3 is 2.41 bits per heavy atom. The van der Waals surface area contributed by atoms with Crippen LogP contribution >= 0.6 is 11.8 Å². The lowest BCUT2D eigenvalue weighted by atomic mass is 10.2. The Labute approximate surface area is 189 Å². The molecule has 1 N–H and O–H groups in total. The molecule has 0 aliphatic rings. The number of alkyl halides is 2. The van der Waals surface area contributed by atoms with Crippen molar-refractivity contribution in [1.82, 2.24) is 19.2 Å². The molecule has 0 aliphatic carbocycles. The van der Waals surface area contributed by atoms with E-state index in [-0.39, 0.29) is 29.0 Å². The van der Waals surface area contributed by atoms with Crippen LogP contribution in [0.2, 0.25) is 0 Å². The van der Waals surface area contributed by atoms with Crippen molar-refractivity contribution in [1.29, 1.82) is 0 Å². The first-order valence-corrected chi connectivity index (χ1v) is 12.3. The number of sulfonamides is 1. The minimum atomic E-state index is -3.55. The summed E-state index contributed by atoms with van der Waals surface area (Å²) in [5.74, 6) is -3.02. The first-order valence-electron chi connectivity index (χ1n) is 10.0. The van der Waals surface area contributed by atoms with Crippen LogP contribution in [0.5, 0.6) is 0 Å². The molecular formula is C21H24F2N4O3S2. The number of thioether (sulfide) groups is 1. The molecule has 172 valence electrons. The van der Waals surface area contributed by atoms with E-state index in [2.05, 4.69) is 10.3 Å². The third kappa shape index (κ3) is 5.45. The molecule has 0 fully saturated rings. The van der Waals surface area contributed by atoms with E-state index in [1.54, 1.807) is 50.2 Å². The first kappa shape index (κ1) is 24.1. The van der Waals surface area contributed by atoms with Gasteiger partial charge in [0, 0.05) is 19.6 Å². The fourth-order valence-corrected chi connectivity index (χ4v) is 5.33. The van der Waals surface area contributed by atoms with Crippen molar-refractivity contribution in [3.8, 4) is 0 Å². The van der Waals surface area contributed by atoms with Gasteiger partial charge in [-0.3, -0.25) is 4.79 Å². The molecule has 3 aromatic rings. The van der Waals surface area contributed by atoms with Gasteiger partial charge in [0.1, 0.15) is 6.54 Å². The average molecular weight is 483 g/mol. The fourth-order valence-electron chi connectivity index (χ4n) is 3.27. The Hall–Kier alpha value is -2.50. The quantitative estimate of drug-likeness (QED) is 0.446. The molecule has 0 saturated carbocycles. The van der Waals surface area contributed by atoms with Crippen LogP contribution in [0.4, 0.5) is 8.78 Å². The maximum atomic E-state index is 12.9. The topological polar surface area (TPSA) is 84.3 Å². The van der Waals surface area contributed by atoms with Crippen molar-refractivity contribution < 1.29 is 22.0 Å². The summed E-state index contributed by atoms with van der Waals surface area (Å²) in [5.41, 5.74) is 1.85. The third-order valence-electron chi connectivity index (χ3n) is 4.87. The Kier molecular flexibility index (Phi) is 7.86. The zero-order chi connectivity index (χ0) is 23.3. The Balaban J connectivity index is 1.68. The predicted molar refractivity (Wildman–Crippen MR) is 120 cm³/mol. The van der Waals surface area contributed by atoms with Crippen LogP contribution in [-0.2, 0) is 27.9 Å². The van der Waals surface area contributed by atoms with Gasteiger partial charge in [0.2, 0.25) is 15.9 Å². The zero-order valence-electron chi connectivity index (χ0n) is 17.7. The number of hydrogen-bond donors (Lipinski definition) is 1. The number of carbonyl (C=O) groups excluding carboxylic acids is 1. The van der Waals surface area contributed by atoms with E-state index in [4.69, 9.17) is 0 Å². The molecule has 1 aromatic heterocycles. The Morgan fingerprint density at radius 2 is 1.78 bits per heavy atom. The summed E-state index contributed by atoms with van der Waals surface area (Å²) in [6.07, 6.45) is 0. The summed E-state index contributed by atoms with van der Waals surface area (Å²) in [5, 5.41) is 2.81. The van der Waals surface area contributed by atoms with Crippen molar-refractivity contribution in [3.05, 3.63) is 54.1 Å². The van der Waals surface area contributed by atoms with Crippen LogP contribution < -0.4 is 5.32 Å². The van der Waals surface area contributed by atoms with E-state index in [0.717, 1.165) is 5.56 Å². The van der Waals surface area contributed by atoms with Gasteiger partial charge < -0.3 is 9.88 Å². The summed E-state index contributed by atoms with van der Waals surface area (Å²) in [4.78, 5) is 16.9. The molecule has 7 nitrogen and oxygen atoms in total. The van der Waals surface area contributed by atoms with E-state index in [1.807, 2.05) is 0 Å². The molecule has 0 saturated heterocycles. The minimum Gasteiger partial charge on any atom is -0.350 e. The number of halogens is 2. The lowest BCUT2D eigenvalue weighted by molar-refractivity contribution is -0.121. The normalized spacial score (nSPS) is 12.1. The number of para-hydroxylation sites is 2. The van der Waals surface area contributed by atoms with Crippen LogP contribution in [0.15, 0.2) is 58.6 Å². The van der Waals surface area contributed by atoms with Crippen LogP contribution in [-0.4, -0.2) is 47.0 Å². The molecular weight excluding hydrogens is 458 g/mol. The Morgan fingerprint density at radius 1 is 1.12 bits per heavy atom. The second kappa shape index (κ2) is 10.4. The summed E-state index contributed by atoms with van der Waals surface area (Å²) < 4.78 is 53.8. The van der Waals surface area contributed by atoms with Gasteiger partial charge in [-0.15, -0.1) is 0 Å². The van der Waals surface area contributed by atoms with Crippen molar-refractivity contribution in [3.63, 3.8) is 0 Å². The lowest BCUT2D eigenvalue weighted by Crippen LogP contribution is -2.30. The number of nitrogens with zero attached hydrogens (tertiary/aromatic N) is 3. The molecule has 1 amide bonds. The van der Waals surface area contributed by atoms with Gasteiger partial charge in [0.25, 0.3) is 5.76 Å². The standard InChI is InChI=1S/C21H24F2N4O3S2/c1-3-26(4-2)32(29,30)16-11-9-15(10-12-16)13-24-19(28)14-27-18-8-6-5-7-17(18)25-21(27)31-20(22)23/h5-12,20H,3-4,13-14H2,1-2H3,(H,24,28). The minimum absolute atomic E-state index is 0.0716. The fraction of sp³-hybridized carbons (Fsp3) is 0.333. The van der Waals surface area contributed by atoms with Crippen molar-refractivity contribution in [2.75, 3.05) is 13.1 Å². The van der Waals surface area contributed by atoms with Gasteiger partial charge in [0.15, 0.2) is 5.16 Å². The van der Waals surface area contributed by atoms with Crippen LogP contribution in [0.1, 0.15) is 19.4 Å². The van der Waals surface area contributed by atoms with E-state index in [0.29, 0.717) is 35.9 Å². The molecule has 0 unspecified atom stereocenters. The highest BCUT2D eigenvalue weighted by Gasteiger charge is 2.21. The highest BCUT2D eigenvalue weighted by atomic mass is 32.2. The highest BCUT2D eigenvalue weighted by Crippen LogP contribution is 2.28. The number of benzene rings is 2. The van der Waals surface area contributed by atoms with E-state index in [9.17, 15) is 22.0 Å². The smallest absolute Gasteiger partial charge is 0.291 e. The maximum absolute atomic E-state index is 12.9. The van der Waals surface area contributed by atoms with Crippen LogP contribution in [0, 0.1) is 0 Å². The first-order chi connectivity index (χ1) is 15.3. The Bertz CT molecular complexity index is 1180. The van der Waals surface area contributed by atoms with Gasteiger partial charge in [-0.25, -0.2) is 13.4 Å². The molecule has 0 atom stereocenters. The van der Waals surface area contributed by atoms with Crippen LogP contribution in [0.25, 0.3) is 11.0 Å². The molecule has 32 heavy (non-hydrogen) atoms. The van der Waals surface area contributed by atoms with Gasteiger partial charge >= 0.3 is 0 Å². The molecule has 0 spiro atoms. The average Bonchev–Trinajstić information content (AvgIpc) is 3.09. The van der Waals surface area contributed by atoms with Gasteiger partial charge in [-0.2, -0.15) is 13.1 Å². The zero-order valence-corrected chi connectivity index (χ0v) is 19.3. The molecule has 0 aliphatic heterocycles. The molecule has 2 aromatic carbocycles. The van der Waals surface area contributed by atoms with E-state index < -0.39 is 15.8 Å². The van der Waals surface area contributed by atoms with Crippen LogP contribution in [0.3, 0.4) is 0 Å². The number of carbonyl (C=O) groups is 1. The highest BCUT2D eigenvalue weighted by molar-refractivity contribution is 7.99. The summed E-state index contributed by atoms with van der Waals surface area (Å²) in [6, 6.07) is 13.2. The lowest BCUT2D eigenvalue weighted by Gasteiger charge is -2.18. The number of nitrogens with one attached hydrogen (secondary N) is 1. The van der Waals surface area contributed by atoms with E-state index in [1.165, 1.54) is 21.0 Å². The SMILES string of the molecule is CCN(CC)S(=O)(=O)c1ccc(CNC(=O)Cn2c(SC(F)F)nc3ccccc32)cc1. The second-order valence-corrected chi connectivity index (χ2v) is 9.75. The number of fused-ring (bicyclic) bond motifs is 1.